The number of hydrogen-bond donors (Lipinski definition) is 1. The molecule has 1 heterocycles. The first kappa shape index (κ1) is 10.8. The summed E-state index contributed by atoms with van der Waals surface area (Å²) in [6.45, 7) is 0. The molecule has 88 valence electrons. The molecule has 0 saturated carbocycles. The van der Waals surface area contributed by atoms with Gasteiger partial charge in [0.25, 0.3) is 0 Å². The SMILES string of the molecule is Oc1ccccc1Cc1ccnc2ccccc12. The van der Waals surface area contributed by atoms with E-state index in [2.05, 4.69) is 11.1 Å². The van der Waals surface area contributed by atoms with Gasteiger partial charge in [-0.2, -0.15) is 0 Å². The van der Waals surface area contributed by atoms with Gasteiger partial charge in [0.15, 0.2) is 0 Å². The number of aromatic hydroxyl groups is 1. The van der Waals surface area contributed by atoms with E-state index in [-0.39, 0.29) is 0 Å². The Morgan fingerprint density at radius 1 is 0.833 bits per heavy atom. The van der Waals surface area contributed by atoms with Crippen LogP contribution in [0.25, 0.3) is 10.9 Å². The van der Waals surface area contributed by atoms with Crippen LogP contribution in [-0.4, -0.2) is 10.1 Å². The normalized spacial score (nSPS) is 10.7. The van der Waals surface area contributed by atoms with Gasteiger partial charge < -0.3 is 5.11 Å². The van der Waals surface area contributed by atoms with Gasteiger partial charge in [-0.1, -0.05) is 36.4 Å². The molecule has 3 aromatic rings. The fraction of sp³-hybridized carbons (Fsp3) is 0.0625. The van der Waals surface area contributed by atoms with Crippen LogP contribution >= 0.6 is 0 Å². The summed E-state index contributed by atoms with van der Waals surface area (Å²) in [5, 5.41) is 11.0. The van der Waals surface area contributed by atoms with Crippen LogP contribution in [-0.2, 0) is 6.42 Å². The number of hydrogen-bond acceptors (Lipinski definition) is 2. The maximum absolute atomic E-state index is 9.83. The number of rotatable bonds is 2. The summed E-state index contributed by atoms with van der Waals surface area (Å²) in [6, 6.07) is 17.5. The molecule has 0 bridgehead atoms. The minimum Gasteiger partial charge on any atom is -0.508 e. The monoisotopic (exact) mass is 235 g/mol. The molecule has 0 aliphatic heterocycles. The van der Waals surface area contributed by atoms with Gasteiger partial charge in [-0.05, 0) is 29.3 Å². The fourth-order valence-corrected chi connectivity index (χ4v) is 2.17. The van der Waals surface area contributed by atoms with Gasteiger partial charge in [0, 0.05) is 18.0 Å². The zero-order chi connectivity index (χ0) is 12.4. The summed E-state index contributed by atoms with van der Waals surface area (Å²) in [7, 11) is 0. The lowest BCUT2D eigenvalue weighted by Gasteiger charge is -2.07. The lowest BCUT2D eigenvalue weighted by atomic mass is 10.0. The average Bonchev–Trinajstić information content (AvgIpc) is 2.42. The summed E-state index contributed by atoms with van der Waals surface area (Å²) in [5.74, 6) is 0.346. The molecule has 0 saturated heterocycles. The highest BCUT2D eigenvalue weighted by Crippen LogP contribution is 2.23. The lowest BCUT2D eigenvalue weighted by Crippen LogP contribution is -1.91. The van der Waals surface area contributed by atoms with E-state index >= 15 is 0 Å². The number of fused-ring (bicyclic) bond motifs is 1. The number of para-hydroxylation sites is 2. The smallest absolute Gasteiger partial charge is 0.119 e. The largest absolute Gasteiger partial charge is 0.508 e. The Morgan fingerprint density at radius 2 is 1.61 bits per heavy atom. The number of pyridine rings is 1. The fourth-order valence-electron chi connectivity index (χ4n) is 2.17. The quantitative estimate of drug-likeness (QED) is 0.737. The van der Waals surface area contributed by atoms with E-state index in [1.165, 1.54) is 5.56 Å². The third-order valence-electron chi connectivity index (χ3n) is 3.11. The Labute approximate surface area is 106 Å². The van der Waals surface area contributed by atoms with Crippen molar-refractivity contribution in [1.29, 1.82) is 0 Å². The highest BCUT2D eigenvalue weighted by Gasteiger charge is 2.05. The molecule has 0 amide bonds. The van der Waals surface area contributed by atoms with Gasteiger partial charge in [0.1, 0.15) is 5.75 Å². The van der Waals surface area contributed by atoms with E-state index in [0.717, 1.165) is 22.9 Å². The van der Waals surface area contributed by atoms with Crippen molar-refractivity contribution in [2.24, 2.45) is 0 Å². The van der Waals surface area contributed by atoms with Crippen molar-refractivity contribution in [1.82, 2.24) is 4.98 Å². The topological polar surface area (TPSA) is 33.1 Å². The highest BCUT2D eigenvalue weighted by atomic mass is 16.3. The van der Waals surface area contributed by atoms with Crippen molar-refractivity contribution in [3.63, 3.8) is 0 Å². The number of aromatic nitrogens is 1. The van der Waals surface area contributed by atoms with Crippen molar-refractivity contribution >= 4 is 10.9 Å². The van der Waals surface area contributed by atoms with E-state index < -0.39 is 0 Å². The highest BCUT2D eigenvalue weighted by molar-refractivity contribution is 5.82. The maximum atomic E-state index is 9.83. The second-order valence-electron chi connectivity index (χ2n) is 4.29. The molecular weight excluding hydrogens is 222 g/mol. The maximum Gasteiger partial charge on any atom is 0.119 e. The Hall–Kier alpha value is -2.35. The molecule has 3 rings (SSSR count). The third kappa shape index (κ3) is 1.93. The molecule has 2 nitrogen and oxygen atoms in total. The van der Waals surface area contributed by atoms with Gasteiger partial charge in [-0.3, -0.25) is 4.98 Å². The molecule has 0 fully saturated rings. The first-order chi connectivity index (χ1) is 8.84. The molecular formula is C16H13NO. The first-order valence-corrected chi connectivity index (χ1v) is 5.94. The van der Waals surface area contributed by atoms with Crippen LogP contribution in [0, 0.1) is 0 Å². The Balaban J connectivity index is 2.08. The Kier molecular flexibility index (Phi) is 2.69. The van der Waals surface area contributed by atoms with Crippen LogP contribution in [0.2, 0.25) is 0 Å². The molecule has 0 aliphatic rings. The third-order valence-corrected chi connectivity index (χ3v) is 3.11. The molecule has 18 heavy (non-hydrogen) atoms. The number of nitrogens with zero attached hydrogens (tertiary/aromatic N) is 1. The predicted molar refractivity (Wildman–Crippen MR) is 72.7 cm³/mol. The Bertz CT molecular complexity index is 686. The summed E-state index contributed by atoms with van der Waals surface area (Å²) in [5.41, 5.74) is 3.11. The van der Waals surface area contributed by atoms with E-state index in [1.807, 2.05) is 48.7 Å². The van der Waals surface area contributed by atoms with Crippen molar-refractivity contribution in [2.45, 2.75) is 6.42 Å². The summed E-state index contributed by atoms with van der Waals surface area (Å²) < 4.78 is 0. The minimum atomic E-state index is 0.346. The van der Waals surface area contributed by atoms with E-state index in [1.54, 1.807) is 6.07 Å². The molecule has 0 aliphatic carbocycles. The molecule has 0 atom stereocenters. The van der Waals surface area contributed by atoms with Crippen molar-refractivity contribution in [3.05, 3.63) is 71.9 Å². The van der Waals surface area contributed by atoms with E-state index in [0.29, 0.717) is 5.75 Å². The molecule has 2 heteroatoms. The second-order valence-corrected chi connectivity index (χ2v) is 4.29. The summed E-state index contributed by atoms with van der Waals surface area (Å²) in [4.78, 5) is 4.34. The number of benzene rings is 2. The van der Waals surface area contributed by atoms with Gasteiger partial charge in [-0.25, -0.2) is 0 Å². The summed E-state index contributed by atoms with van der Waals surface area (Å²) >= 11 is 0. The van der Waals surface area contributed by atoms with Crippen LogP contribution in [0.5, 0.6) is 5.75 Å². The van der Waals surface area contributed by atoms with Gasteiger partial charge in [0.05, 0.1) is 5.52 Å². The lowest BCUT2D eigenvalue weighted by molar-refractivity contribution is 0.469. The molecule has 0 spiro atoms. The molecule has 2 aromatic carbocycles. The van der Waals surface area contributed by atoms with Gasteiger partial charge in [0.2, 0.25) is 0 Å². The minimum absolute atomic E-state index is 0.346. The average molecular weight is 235 g/mol. The van der Waals surface area contributed by atoms with Crippen molar-refractivity contribution in [2.75, 3.05) is 0 Å². The van der Waals surface area contributed by atoms with Crippen LogP contribution in [0.15, 0.2) is 60.8 Å². The standard InChI is InChI=1S/C16H13NO/c18-16-8-4-1-5-13(16)11-12-9-10-17-15-7-3-2-6-14(12)15/h1-10,18H,11H2. The number of phenolic OH excluding ortho intramolecular Hbond substituents is 1. The molecule has 1 N–H and O–H groups in total. The second kappa shape index (κ2) is 4.49. The van der Waals surface area contributed by atoms with Crippen molar-refractivity contribution < 1.29 is 5.11 Å². The molecule has 0 radical (unpaired) electrons. The van der Waals surface area contributed by atoms with Crippen molar-refractivity contribution in [3.8, 4) is 5.75 Å². The van der Waals surface area contributed by atoms with E-state index in [4.69, 9.17) is 0 Å². The van der Waals surface area contributed by atoms with Crippen LogP contribution in [0.1, 0.15) is 11.1 Å². The predicted octanol–water partition coefficient (Wildman–Crippen LogP) is 3.53. The molecule has 1 aromatic heterocycles. The zero-order valence-corrected chi connectivity index (χ0v) is 9.88. The van der Waals surface area contributed by atoms with Crippen LogP contribution in [0.4, 0.5) is 0 Å². The summed E-state index contributed by atoms with van der Waals surface area (Å²) in [6.07, 6.45) is 2.54. The van der Waals surface area contributed by atoms with Gasteiger partial charge in [-0.15, -0.1) is 0 Å². The zero-order valence-electron chi connectivity index (χ0n) is 9.88. The number of phenols is 1. The molecule has 0 unspecified atom stereocenters. The van der Waals surface area contributed by atoms with Crippen LogP contribution in [0.3, 0.4) is 0 Å². The van der Waals surface area contributed by atoms with Crippen LogP contribution < -0.4 is 0 Å². The van der Waals surface area contributed by atoms with E-state index in [9.17, 15) is 5.11 Å². The van der Waals surface area contributed by atoms with Gasteiger partial charge >= 0.3 is 0 Å². The Morgan fingerprint density at radius 3 is 2.50 bits per heavy atom. The first-order valence-electron chi connectivity index (χ1n) is 5.94.